The van der Waals surface area contributed by atoms with Crippen LogP contribution >= 0.6 is 12.6 Å². The van der Waals surface area contributed by atoms with Crippen LogP contribution in [0.15, 0.2) is 0 Å². The fraction of sp³-hybridized carbons (Fsp3) is 0.857. The van der Waals surface area contributed by atoms with Gasteiger partial charge < -0.3 is 14.8 Å². The van der Waals surface area contributed by atoms with E-state index in [0.717, 1.165) is 12.8 Å². The Hall–Kier alpha value is -0.790. The normalized spacial score (nSPS) is 28.0. The molecule has 3 fully saturated rings. The predicted molar refractivity (Wildman–Crippen MR) is 79.4 cm³/mol. The van der Waals surface area contributed by atoms with Gasteiger partial charge in [0.1, 0.15) is 5.54 Å². The molecule has 1 spiro atoms. The molecule has 0 unspecified atom stereocenters. The molecule has 0 radical (unpaired) electrons. The number of hydrogen-bond donors (Lipinski definition) is 2. The molecule has 0 aromatic heterocycles. The molecular weight excluding hydrogens is 292 g/mol. The number of carbonyl (C=O) groups is 2. The smallest absolute Gasteiger partial charge is 0.325 e. The highest BCUT2D eigenvalue weighted by Gasteiger charge is 2.53. The Labute approximate surface area is 129 Å². The Kier molecular flexibility index (Phi) is 4.16. The summed E-state index contributed by atoms with van der Waals surface area (Å²) < 4.78 is 10.7. The molecule has 118 valence electrons. The average Bonchev–Trinajstić information content (AvgIpc) is 2.73. The molecular formula is C14H22N2O4S. The van der Waals surface area contributed by atoms with Crippen LogP contribution in [0.25, 0.3) is 0 Å². The summed E-state index contributed by atoms with van der Waals surface area (Å²) in [5, 5.41) is 2.90. The molecule has 0 aromatic carbocycles. The number of urea groups is 1. The maximum atomic E-state index is 12.8. The largest absolute Gasteiger partial charge is 0.381 e. The van der Waals surface area contributed by atoms with Gasteiger partial charge >= 0.3 is 6.03 Å². The summed E-state index contributed by atoms with van der Waals surface area (Å²) >= 11 is 4.45. The highest BCUT2D eigenvalue weighted by Crippen LogP contribution is 2.36. The van der Waals surface area contributed by atoms with Crippen molar-refractivity contribution < 1.29 is 19.1 Å². The molecule has 1 N–H and O–H groups in total. The minimum Gasteiger partial charge on any atom is -0.381 e. The van der Waals surface area contributed by atoms with Gasteiger partial charge in [-0.3, -0.25) is 9.69 Å². The molecule has 0 bridgehead atoms. The summed E-state index contributed by atoms with van der Waals surface area (Å²) in [7, 11) is 0. The first-order chi connectivity index (χ1) is 10.1. The first-order valence-electron chi connectivity index (χ1n) is 7.51. The molecule has 3 heterocycles. The van der Waals surface area contributed by atoms with Gasteiger partial charge in [-0.2, -0.15) is 12.6 Å². The van der Waals surface area contributed by atoms with Crippen molar-refractivity contribution in [2.75, 3.05) is 38.7 Å². The van der Waals surface area contributed by atoms with E-state index in [4.69, 9.17) is 9.47 Å². The van der Waals surface area contributed by atoms with Crippen molar-refractivity contribution in [3.63, 3.8) is 0 Å². The van der Waals surface area contributed by atoms with Crippen molar-refractivity contribution in [2.24, 2.45) is 5.41 Å². The third-order valence-electron chi connectivity index (χ3n) is 4.97. The first kappa shape index (κ1) is 15.1. The Bertz CT molecular complexity index is 431. The van der Waals surface area contributed by atoms with Crippen molar-refractivity contribution in [1.82, 2.24) is 10.2 Å². The standard InChI is InChI=1S/C14H22N2O4S/c17-11-14(3-7-20-8-4-14)15-12(18)16(11)9-13(10-21)1-5-19-6-2-13/h21H,1-10H2,(H,15,18). The van der Waals surface area contributed by atoms with Gasteiger partial charge in [0.25, 0.3) is 5.91 Å². The third kappa shape index (κ3) is 2.66. The van der Waals surface area contributed by atoms with Crippen LogP contribution in [0.3, 0.4) is 0 Å². The Balaban J connectivity index is 1.75. The van der Waals surface area contributed by atoms with Gasteiger partial charge in [-0.25, -0.2) is 4.79 Å². The molecule has 3 saturated heterocycles. The summed E-state index contributed by atoms with van der Waals surface area (Å²) in [6, 6.07) is -0.269. The Morgan fingerprint density at radius 3 is 2.19 bits per heavy atom. The lowest BCUT2D eigenvalue weighted by Crippen LogP contribution is -2.51. The number of ether oxygens (including phenoxy) is 2. The van der Waals surface area contributed by atoms with E-state index in [1.807, 2.05) is 0 Å². The molecule has 0 aliphatic carbocycles. The van der Waals surface area contributed by atoms with Gasteiger partial charge in [0.2, 0.25) is 0 Å². The predicted octanol–water partition coefficient (Wildman–Crippen LogP) is 0.814. The minimum atomic E-state index is -0.738. The van der Waals surface area contributed by atoms with E-state index in [1.54, 1.807) is 0 Å². The van der Waals surface area contributed by atoms with E-state index in [-0.39, 0.29) is 17.4 Å². The number of amides is 3. The molecule has 0 saturated carbocycles. The molecule has 3 aliphatic heterocycles. The lowest BCUT2D eigenvalue weighted by molar-refractivity contribution is -0.136. The van der Waals surface area contributed by atoms with Crippen molar-refractivity contribution in [1.29, 1.82) is 0 Å². The van der Waals surface area contributed by atoms with Gasteiger partial charge in [-0.15, -0.1) is 0 Å². The van der Waals surface area contributed by atoms with Crippen LogP contribution < -0.4 is 5.32 Å². The van der Waals surface area contributed by atoms with E-state index < -0.39 is 5.54 Å². The topological polar surface area (TPSA) is 67.9 Å². The van der Waals surface area contributed by atoms with Gasteiger partial charge in [0.05, 0.1) is 0 Å². The van der Waals surface area contributed by atoms with E-state index in [0.29, 0.717) is 51.6 Å². The first-order valence-corrected chi connectivity index (χ1v) is 8.15. The van der Waals surface area contributed by atoms with Crippen molar-refractivity contribution in [3.05, 3.63) is 0 Å². The fourth-order valence-electron chi connectivity index (χ4n) is 3.38. The van der Waals surface area contributed by atoms with Gasteiger partial charge in [0.15, 0.2) is 0 Å². The van der Waals surface area contributed by atoms with Crippen LogP contribution in [0.1, 0.15) is 25.7 Å². The Morgan fingerprint density at radius 2 is 1.62 bits per heavy atom. The second-order valence-electron chi connectivity index (χ2n) is 6.29. The van der Waals surface area contributed by atoms with Gasteiger partial charge in [-0.1, -0.05) is 0 Å². The van der Waals surface area contributed by atoms with Gasteiger partial charge in [0, 0.05) is 51.2 Å². The number of nitrogens with zero attached hydrogens (tertiary/aromatic N) is 1. The second kappa shape index (κ2) is 5.78. The molecule has 3 aliphatic rings. The number of carbonyl (C=O) groups excluding carboxylic acids is 2. The summed E-state index contributed by atoms with van der Waals surface area (Å²) in [5.41, 5.74) is -0.858. The molecule has 7 heteroatoms. The molecule has 6 nitrogen and oxygen atoms in total. The summed E-state index contributed by atoms with van der Waals surface area (Å²) in [6.07, 6.45) is 2.80. The van der Waals surface area contributed by atoms with Crippen LogP contribution in [-0.4, -0.2) is 61.1 Å². The van der Waals surface area contributed by atoms with Crippen molar-refractivity contribution >= 4 is 24.6 Å². The third-order valence-corrected chi connectivity index (χ3v) is 5.65. The molecule has 21 heavy (non-hydrogen) atoms. The second-order valence-corrected chi connectivity index (χ2v) is 6.60. The fourth-order valence-corrected chi connectivity index (χ4v) is 3.80. The van der Waals surface area contributed by atoms with Gasteiger partial charge in [-0.05, 0) is 18.6 Å². The van der Waals surface area contributed by atoms with Crippen LogP contribution in [0.2, 0.25) is 0 Å². The maximum Gasteiger partial charge on any atom is 0.325 e. The lowest BCUT2D eigenvalue weighted by Gasteiger charge is -2.38. The zero-order valence-electron chi connectivity index (χ0n) is 12.1. The molecule has 3 rings (SSSR count). The highest BCUT2D eigenvalue weighted by molar-refractivity contribution is 7.80. The zero-order chi connectivity index (χ0) is 14.9. The number of imide groups is 1. The average molecular weight is 314 g/mol. The van der Waals surface area contributed by atoms with Crippen molar-refractivity contribution in [3.8, 4) is 0 Å². The number of nitrogens with one attached hydrogen (secondary N) is 1. The van der Waals surface area contributed by atoms with Crippen LogP contribution in [-0.2, 0) is 14.3 Å². The Morgan fingerprint density at radius 1 is 1.05 bits per heavy atom. The van der Waals surface area contributed by atoms with E-state index in [9.17, 15) is 9.59 Å². The minimum absolute atomic E-state index is 0.0940. The SMILES string of the molecule is O=C1NC2(CCOCC2)C(=O)N1CC1(CS)CCOCC1. The monoisotopic (exact) mass is 314 g/mol. The molecule has 0 atom stereocenters. The van der Waals surface area contributed by atoms with Crippen LogP contribution in [0.5, 0.6) is 0 Å². The number of hydrogen-bond acceptors (Lipinski definition) is 5. The number of thiol groups is 1. The quantitative estimate of drug-likeness (QED) is 0.598. The summed E-state index contributed by atoms with van der Waals surface area (Å²) in [6.45, 7) is 2.82. The summed E-state index contributed by atoms with van der Waals surface area (Å²) in [4.78, 5) is 26.4. The lowest BCUT2D eigenvalue weighted by atomic mass is 9.81. The molecule has 0 aromatic rings. The van der Waals surface area contributed by atoms with E-state index in [2.05, 4.69) is 17.9 Å². The van der Waals surface area contributed by atoms with E-state index in [1.165, 1.54) is 4.90 Å². The highest BCUT2D eigenvalue weighted by atomic mass is 32.1. The molecule has 3 amide bonds. The maximum absolute atomic E-state index is 12.8. The van der Waals surface area contributed by atoms with Crippen LogP contribution in [0.4, 0.5) is 4.79 Å². The summed E-state index contributed by atoms with van der Waals surface area (Å²) in [5.74, 6) is 0.562. The zero-order valence-corrected chi connectivity index (χ0v) is 13.0. The van der Waals surface area contributed by atoms with Crippen LogP contribution in [0, 0.1) is 5.41 Å². The van der Waals surface area contributed by atoms with Crippen molar-refractivity contribution in [2.45, 2.75) is 31.2 Å². The number of rotatable bonds is 3. The van der Waals surface area contributed by atoms with E-state index >= 15 is 0 Å².